The van der Waals surface area contributed by atoms with E-state index in [0.717, 1.165) is 11.3 Å². The average molecular weight is 477 g/mol. The highest BCUT2D eigenvalue weighted by Crippen LogP contribution is 2.20. The highest BCUT2D eigenvalue weighted by atomic mass is 16.5. The molecule has 1 fully saturated rings. The number of hydrogen-bond acceptors (Lipinski definition) is 5. The Balaban J connectivity index is 1.43. The largest absolute Gasteiger partial charge is 0.496 e. The molecule has 0 unspecified atom stereocenters. The Kier molecular flexibility index (Phi) is 9.67. The zero-order chi connectivity index (χ0) is 25.0. The van der Waals surface area contributed by atoms with Gasteiger partial charge in [-0.3, -0.25) is 14.4 Å². The summed E-state index contributed by atoms with van der Waals surface area (Å²) in [6.07, 6.45) is 2.02. The molecule has 35 heavy (non-hydrogen) atoms. The zero-order valence-corrected chi connectivity index (χ0v) is 20.1. The summed E-state index contributed by atoms with van der Waals surface area (Å²) in [7, 11) is 1.59. The van der Waals surface area contributed by atoms with Gasteiger partial charge >= 0.3 is 0 Å². The van der Waals surface area contributed by atoms with Gasteiger partial charge in [0.25, 0.3) is 0 Å². The smallest absolute Gasteiger partial charge is 0.227 e. The Bertz CT molecular complexity index is 1040. The molecule has 0 saturated carbocycles. The molecular formula is C27H32N4O4. The van der Waals surface area contributed by atoms with Gasteiger partial charge < -0.3 is 19.9 Å². The number of anilines is 1. The average Bonchev–Trinajstić information content (AvgIpc) is 2.89. The topological polar surface area (TPSA) is 103 Å². The van der Waals surface area contributed by atoms with E-state index in [9.17, 15) is 14.4 Å². The van der Waals surface area contributed by atoms with Crippen LogP contribution < -0.4 is 15.0 Å². The number of likely N-dealkylation sites (tertiary alicyclic amines) is 1. The maximum Gasteiger partial charge on any atom is 0.227 e. The van der Waals surface area contributed by atoms with Gasteiger partial charge in [0.05, 0.1) is 26.0 Å². The van der Waals surface area contributed by atoms with Crippen LogP contribution in [0.2, 0.25) is 0 Å². The molecule has 8 heteroatoms. The van der Waals surface area contributed by atoms with Gasteiger partial charge in [0.15, 0.2) is 0 Å². The van der Waals surface area contributed by atoms with Crippen molar-refractivity contribution in [3.63, 3.8) is 0 Å². The number of hydrogen-bond donors (Lipinski definition) is 1. The van der Waals surface area contributed by atoms with Crippen LogP contribution in [0.4, 0.5) is 5.69 Å². The minimum Gasteiger partial charge on any atom is -0.496 e. The molecule has 1 aliphatic heterocycles. The van der Waals surface area contributed by atoms with Crippen LogP contribution >= 0.6 is 0 Å². The molecule has 8 nitrogen and oxygen atoms in total. The highest BCUT2D eigenvalue weighted by molar-refractivity contribution is 5.95. The van der Waals surface area contributed by atoms with E-state index < -0.39 is 0 Å². The Morgan fingerprint density at radius 3 is 2.43 bits per heavy atom. The second kappa shape index (κ2) is 13.1. The summed E-state index contributed by atoms with van der Waals surface area (Å²) in [4.78, 5) is 41.3. The molecule has 0 aromatic heterocycles. The molecule has 0 radical (unpaired) electrons. The SMILES string of the molecule is COc1ccccc1CC(=O)N1CCC(NC(=O)CCC(=O)N(CCC#N)c2ccccc2)CC1. The molecule has 3 amide bonds. The van der Waals surface area contributed by atoms with Crippen molar-refractivity contribution < 1.29 is 19.1 Å². The first-order valence-electron chi connectivity index (χ1n) is 11.9. The molecular weight excluding hydrogens is 444 g/mol. The van der Waals surface area contributed by atoms with Crippen LogP contribution in [0.15, 0.2) is 54.6 Å². The monoisotopic (exact) mass is 476 g/mol. The van der Waals surface area contributed by atoms with Crippen molar-refractivity contribution in [1.29, 1.82) is 5.26 Å². The van der Waals surface area contributed by atoms with Crippen molar-refractivity contribution in [2.75, 3.05) is 31.6 Å². The predicted molar refractivity (Wildman–Crippen MR) is 133 cm³/mol. The van der Waals surface area contributed by atoms with E-state index >= 15 is 0 Å². The summed E-state index contributed by atoms with van der Waals surface area (Å²) < 4.78 is 5.33. The van der Waals surface area contributed by atoms with E-state index in [1.54, 1.807) is 12.0 Å². The number of nitrogens with zero attached hydrogens (tertiary/aromatic N) is 3. The molecule has 184 valence electrons. The van der Waals surface area contributed by atoms with Crippen molar-refractivity contribution in [1.82, 2.24) is 10.2 Å². The second-order valence-corrected chi connectivity index (χ2v) is 8.50. The van der Waals surface area contributed by atoms with Crippen molar-refractivity contribution in [3.05, 3.63) is 60.2 Å². The van der Waals surface area contributed by atoms with Crippen molar-refractivity contribution in [2.45, 2.75) is 44.6 Å². The minimum absolute atomic E-state index is 0.0169. The second-order valence-electron chi connectivity index (χ2n) is 8.50. The summed E-state index contributed by atoms with van der Waals surface area (Å²) in [5.74, 6) is 0.392. The fourth-order valence-corrected chi connectivity index (χ4v) is 4.22. The van der Waals surface area contributed by atoms with E-state index in [4.69, 9.17) is 10.00 Å². The molecule has 2 aromatic rings. The summed E-state index contributed by atoms with van der Waals surface area (Å²) in [5.41, 5.74) is 1.58. The van der Waals surface area contributed by atoms with E-state index in [1.165, 1.54) is 0 Å². The summed E-state index contributed by atoms with van der Waals surface area (Å²) in [6.45, 7) is 1.45. The first-order valence-corrected chi connectivity index (χ1v) is 11.9. The Morgan fingerprint density at radius 1 is 1.06 bits per heavy atom. The van der Waals surface area contributed by atoms with Crippen molar-refractivity contribution in [2.24, 2.45) is 0 Å². The Morgan fingerprint density at radius 2 is 1.74 bits per heavy atom. The number of methoxy groups -OCH3 is 1. The van der Waals surface area contributed by atoms with Gasteiger partial charge in [0, 0.05) is 49.8 Å². The summed E-state index contributed by atoms with van der Waals surface area (Å²) in [6, 6.07) is 18.7. The first-order chi connectivity index (χ1) is 17.0. The molecule has 1 N–H and O–H groups in total. The van der Waals surface area contributed by atoms with Gasteiger partial charge in [-0.2, -0.15) is 5.26 Å². The number of para-hydroxylation sites is 2. The fraction of sp³-hybridized carbons (Fsp3) is 0.407. The highest BCUT2D eigenvalue weighted by Gasteiger charge is 2.25. The van der Waals surface area contributed by atoms with E-state index in [1.807, 2.05) is 59.5 Å². The van der Waals surface area contributed by atoms with Gasteiger partial charge in [-0.15, -0.1) is 0 Å². The molecule has 2 aromatic carbocycles. The number of carbonyl (C=O) groups is 3. The number of nitriles is 1. The van der Waals surface area contributed by atoms with Crippen LogP contribution in [0.5, 0.6) is 5.75 Å². The van der Waals surface area contributed by atoms with Gasteiger partial charge in [-0.25, -0.2) is 0 Å². The van der Waals surface area contributed by atoms with Crippen LogP contribution in [0.1, 0.15) is 37.7 Å². The lowest BCUT2D eigenvalue weighted by atomic mass is 10.0. The molecule has 0 bridgehead atoms. The molecule has 1 aliphatic rings. The molecule has 3 rings (SSSR count). The number of carbonyl (C=O) groups excluding carboxylic acids is 3. The van der Waals surface area contributed by atoms with Crippen molar-refractivity contribution in [3.8, 4) is 11.8 Å². The number of nitrogens with one attached hydrogen (secondary N) is 1. The quantitative estimate of drug-likeness (QED) is 0.568. The molecule has 1 saturated heterocycles. The van der Waals surface area contributed by atoms with Crippen LogP contribution in [0.25, 0.3) is 0 Å². The van der Waals surface area contributed by atoms with Crippen LogP contribution in [0.3, 0.4) is 0 Å². The normalized spacial score (nSPS) is 13.5. The van der Waals surface area contributed by atoms with Crippen LogP contribution in [-0.2, 0) is 20.8 Å². The van der Waals surface area contributed by atoms with Gasteiger partial charge in [-0.1, -0.05) is 36.4 Å². The lowest BCUT2D eigenvalue weighted by Crippen LogP contribution is -2.47. The maximum atomic E-state index is 12.7. The number of amides is 3. The molecule has 1 heterocycles. The summed E-state index contributed by atoms with van der Waals surface area (Å²) in [5, 5.41) is 11.9. The number of piperidine rings is 1. The number of rotatable bonds is 10. The zero-order valence-electron chi connectivity index (χ0n) is 20.1. The van der Waals surface area contributed by atoms with E-state index in [2.05, 4.69) is 11.4 Å². The minimum atomic E-state index is -0.182. The predicted octanol–water partition coefficient (Wildman–Crippen LogP) is 3.07. The maximum absolute atomic E-state index is 12.7. The third-order valence-corrected chi connectivity index (χ3v) is 6.13. The third kappa shape index (κ3) is 7.57. The summed E-state index contributed by atoms with van der Waals surface area (Å²) >= 11 is 0. The van der Waals surface area contributed by atoms with Crippen LogP contribution in [0, 0.1) is 11.3 Å². The van der Waals surface area contributed by atoms with Crippen LogP contribution in [-0.4, -0.2) is 55.4 Å². The number of benzene rings is 2. The Hall–Kier alpha value is -3.86. The lowest BCUT2D eigenvalue weighted by Gasteiger charge is -2.32. The lowest BCUT2D eigenvalue weighted by molar-refractivity contribution is -0.132. The van der Waals surface area contributed by atoms with Crippen molar-refractivity contribution >= 4 is 23.4 Å². The molecule has 0 atom stereocenters. The van der Waals surface area contributed by atoms with Gasteiger partial charge in [-0.05, 0) is 31.0 Å². The first kappa shape index (κ1) is 25.8. The van der Waals surface area contributed by atoms with E-state index in [0.29, 0.717) is 38.2 Å². The molecule has 0 spiro atoms. The standard InChI is InChI=1S/C27H32N4O4/c1-35-24-11-6-5-8-21(24)20-27(34)30-18-14-22(15-19-30)29-25(32)12-13-26(33)31(17-7-16-28)23-9-3-2-4-10-23/h2-6,8-11,22H,7,12-15,17-20H2,1H3,(H,29,32). The van der Waals surface area contributed by atoms with Gasteiger partial charge in [0.2, 0.25) is 17.7 Å². The third-order valence-electron chi connectivity index (χ3n) is 6.13. The molecule has 0 aliphatic carbocycles. The van der Waals surface area contributed by atoms with Gasteiger partial charge in [0.1, 0.15) is 5.75 Å². The van der Waals surface area contributed by atoms with E-state index in [-0.39, 0.29) is 49.4 Å². The number of ether oxygens (including phenoxy) is 1. The fourth-order valence-electron chi connectivity index (χ4n) is 4.22. The Labute approximate surface area is 206 Å².